The second kappa shape index (κ2) is 7.69. The Morgan fingerprint density at radius 3 is 2.67 bits per heavy atom. The highest BCUT2D eigenvalue weighted by molar-refractivity contribution is 5.83. The van der Waals surface area contributed by atoms with Gasteiger partial charge in [-0.3, -0.25) is 4.99 Å². The molecule has 1 saturated carbocycles. The van der Waals surface area contributed by atoms with Crippen LogP contribution in [0.3, 0.4) is 0 Å². The van der Waals surface area contributed by atoms with Gasteiger partial charge in [0.15, 0.2) is 0 Å². The summed E-state index contributed by atoms with van der Waals surface area (Å²) in [6.45, 7) is 1.76. The zero-order valence-corrected chi connectivity index (χ0v) is 9.87. The Morgan fingerprint density at radius 1 is 1.27 bits per heavy atom. The first-order valence-electron chi connectivity index (χ1n) is 6.13. The van der Waals surface area contributed by atoms with Crippen LogP contribution in [0.25, 0.3) is 0 Å². The maximum atomic E-state index is 5.95. The van der Waals surface area contributed by atoms with E-state index >= 15 is 0 Å². The molecule has 3 heteroatoms. The molecule has 0 aromatic rings. The fourth-order valence-corrected chi connectivity index (χ4v) is 2.09. The number of hydrogen-bond donors (Lipinski definition) is 1. The van der Waals surface area contributed by atoms with Crippen molar-refractivity contribution in [3.8, 4) is 0 Å². The molecule has 1 aliphatic carbocycles. The number of nitrogens with zero attached hydrogens (tertiary/aromatic N) is 1. The van der Waals surface area contributed by atoms with Crippen molar-refractivity contribution in [3.63, 3.8) is 0 Å². The summed E-state index contributed by atoms with van der Waals surface area (Å²) in [6, 6.07) is 0. The van der Waals surface area contributed by atoms with Crippen LogP contribution in [0.2, 0.25) is 0 Å². The lowest BCUT2D eigenvalue weighted by molar-refractivity contribution is 0.192. The standard InChI is InChI=1S/C12H24N2O/c1-15-10-6-2-5-9-14-12(13)11-7-3-4-8-11/h11H,2-10H2,1H3,(H2,13,14). The number of methoxy groups -OCH3 is 1. The SMILES string of the molecule is COCCCCCN=C(N)C1CCCC1. The van der Waals surface area contributed by atoms with E-state index < -0.39 is 0 Å². The molecule has 0 atom stereocenters. The van der Waals surface area contributed by atoms with Crippen LogP contribution in [0.4, 0.5) is 0 Å². The van der Waals surface area contributed by atoms with E-state index in [1.165, 1.54) is 32.1 Å². The molecule has 0 unspecified atom stereocenters. The number of ether oxygens (including phenoxy) is 1. The smallest absolute Gasteiger partial charge is 0.0968 e. The third-order valence-electron chi connectivity index (χ3n) is 3.07. The van der Waals surface area contributed by atoms with E-state index in [0.717, 1.165) is 31.8 Å². The molecule has 0 aromatic carbocycles. The van der Waals surface area contributed by atoms with E-state index in [1.807, 2.05) is 0 Å². The van der Waals surface area contributed by atoms with Gasteiger partial charge in [0.2, 0.25) is 0 Å². The summed E-state index contributed by atoms with van der Waals surface area (Å²) in [6.07, 6.45) is 8.61. The van der Waals surface area contributed by atoms with Gasteiger partial charge in [-0.25, -0.2) is 0 Å². The summed E-state index contributed by atoms with van der Waals surface area (Å²) in [4.78, 5) is 4.46. The molecule has 0 aliphatic heterocycles. The lowest BCUT2D eigenvalue weighted by Crippen LogP contribution is -2.21. The minimum atomic E-state index is 0.587. The molecule has 0 bridgehead atoms. The average molecular weight is 212 g/mol. The van der Waals surface area contributed by atoms with E-state index in [-0.39, 0.29) is 0 Å². The van der Waals surface area contributed by atoms with Crippen LogP contribution in [0.5, 0.6) is 0 Å². The molecule has 0 spiro atoms. The van der Waals surface area contributed by atoms with E-state index in [4.69, 9.17) is 10.5 Å². The van der Waals surface area contributed by atoms with Gasteiger partial charge in [-0.2, -0.15) is 0 Å². The lowest BCUT2D eigenvalue weighted by Gasteiger charge is -2.07. The highest BCUT2D eigenvalue weighted by Crippen LogP contribution is 2.24. The molecule has 1 fully saturated rings. The Labute approximate surface area is 93.1 Å². The molecule has 1 aliphatic rings. The Hall–Kier alpha value is -0.570. The van der Waals surface area contributed by atoms with Crippen molar-refractivity contribution in [3.05, 3.63) is 0 Å². The lowest BCUT2D eigenvalue weighted by atomic mass is 10.1. The molecule has 3 nitrogen and oxygen atoms in total. The van der Waals surface area contributed by atoms with Gasteiger partial charge in [-0.1, -0.05) is 12.8 Å². The quantitative estimate of drug-likeness (QED) is 0.400. The number of hydrogen-bond acceptors (Lipinski definition) is 2. The minimum Gasteiger partial charge on any atom is -0.387 e. The van der Waals surface area contributed by atoms with Gasteiger partial charge in [-0.15, -0.1) is 0 Å². The van der Waals surface area contributed by atoms with Crippen LogP contribution >= 0.6 is 0 Å². The number of unbranched alkanes of at least 4 members (excludes halogenated alkanes) is 2. The first-order chi connectivity index (χ1) is 7.34. The van der Waals surface area contributed by atoms with Crippen molar-refractivity contribution in [2.45, 2.75) is 44.9 Å². The molecule has 0 saturated heterocycles. The third kappa shape index (κ3) is 5.17. The van der Waals surface area contributed by atoms with Gasteiger partial charge < -0.3 is 10.5 Å². The van der Waals surface area contributed by atoms with Crippen molar-refractivity contribution >= 4 is 5.84 Å². The van der Waals surface area contributed by atoms with E-state index in [9.17, 15) is 0 Å². The maximum absolute atomic E-state index is 5.95. The predicted molar refractivity (Wildman–Crippen MR) is 64.2 cm³/mol. The molecular weight excluding hydrogens is 188 g/mol. The average Bonchev–Trinajstić information content (AvgIpc) is 2.76. The molecule has 0 amide bonds. The van der Waals surface area contributed by atoms with Crippen LogP contribution in [-0.2, 0) is 4.74 Å². The second-order valence-corrected chi connectivity index (χ2v) is 4.34. The molecule has 1 rings (SSSR count). The van der Waals surface area contributed by atoms with Gasteiger partial charge in [0.1, 0.15) is 0 Å². The number of aliphatic imine (C=N–C) groups is 1. The van der Waals surface area contributed by atoms with E-state index in [2.05, 4.69) is 4.99 Å². The van der Waals surface area contributed by atoms with Crippen molar-refractivity contribution in [1.29, 1.82) is 0 Å². The summed E-state index contributed by atoms with van der Waals surface area (Å²) >= 11 is 0. The summed E-state index contributed by atoms with van der Waals surface area (Å²) in [5.41, 5.74) is 5.95. The molecule has 88 valence electrons. The predicted octanol–water partition coefficient (Wildman–Crippen LogP) is 2.35. The van der Waals surface area contributed by atoms with Gasteiger partial charge in [0.05, 0.1) is 5.84 Å². The molecule has 2 N–H and O–H groups in total. The molecule has 15 heavy (non-hydrogen) atoms. The normalized spacial score (nSPS) is 18.6. The van der Waals surface area contributed by atoms with Crippen molar-refractivity contribution in [1.82, 2.24) is 0 Å². The Kier molecular flexibility index (Phi) is 6.41. The van der Waals surface area contributed by atoms with Crippen molar-refractivity contribution < 1.29 is 4.74 Å². The zero-order chi connectivity index (χ0) is 10.9. The number of amidine groups is 1. The Morgan fingerprint density at radius 2 is 2.00 bits per heavy atom. The Balaban J connectivity index is 2.03. The monoisotopic (exact) mass is 212 g/mol. The first kappa shape index (κ1) is 12.5. The zero-order valence-electron chi connectivity index (χ0n) is 9.87. The first-order valence-corrected chi connectivity index (χ1v) is 6.13. The van der Waals surface area contributed by atoms with E-state index in [0.29, 0.717) is 5.92 Å². The Bertz CT molecular complexity index is 186. The summed E-state index contributed by atoms with van der Waals surface area (Å²) in [7, 11) is 1.75. The fourth-order valence-electron chi connectivity index (χ4n) is 2.09. The largest absolute Gasteiger partial charge is 0.387 e. The highest BCUT2D eigenvalue weighted by Gasteiger charge is 2.17. The number of rotatable bonds is 7. The van der Waals surface area contributed by atoms with Crippen LogP contribution in [0.1, 0.15) is 44.9 Å². The summed E-state index contributed by atoms with van der Waals surface area (Å²) in [5, 5.41) is 0. The highest BCUT2D eigenvalue weighted by atomic mass is 16.5. The van der Waals surface area contributed by atoms with Crippen molar-refractivity contribution in [2.75, 3.05) is 20.3 Å². The van der Waals surface area contributed by atoms with Gasteiger partial charge in [0, 0.05) is 26.2 Å². The summed E-state index contributed by atoms with van der Waals surface area (Å²) < 4.78 is 4.99. The maximum Gasteiger partial charge on any atom is 0.0968 e. The van der Waals surface area contributed by atoms with Crippen LogP contribution in [0, 0.1) is 5.92 Å². The van der Waals surface area contributed by atoms with Crippen LogP contribution in [-0.4, -0.2) is 26.1 Å². The topological polar surface area (TPSA) is 47.6 Å². The van der Waals surface area contributed by atoms with E-state index in [1.54, 1.807) is 7.11 Å². The second-order valence-electron chi connectivity index (χ2n) is 4.34. The molecule has 0 radical (unpaired) electrons. The fraction of sp³-hybridized carbons (Fsp3) is 0.917. The molecule has 0 heterocycles. The molecular formula is C12H24N2O. The van der Waals surface area contributed by atoms with Crippen LogP contribution < -0.4 is 5.73 Å². The van der Waals surface area contributed by atoms with Crippen molar-refractivity contribution in [2.24, 2.45) is 16.6 Å². The van der Waals surface area contributed by atoms with Crippen LogP contribution in [0.15, 0.2) is 4.99 Å². The minimum absolute atomic E-state index is 0.587. The van der Waals surface area contributed by atoms with Gasteiger partial charge >= 0.3 is 0 Å². The third-order valence-corrected chi connectivity index (χ3v) is 3.07. The van der Waals surface area contributed by atoms with Gasteiger partial charge in [-0.05, 0) is 32.1 Å². The van der Waals surface area contributed by atoms with Gasteiger partial charge in [0.25, 0.3) is 0 Å². The summed E-state index contributed by atoms with van der Waals surface area (Å²) in [5.74, 6) is 1.49. The molecule has 0 aromatic heterocycles. The number of nitrogens with two attached hydrogens (primary N) is 1.